The first-order valence-electron chi connectivity index (χ1n) is 4.05. The number of rotatable bonds is 1. The van der Waals surface area contributed by atoms with E-state index in [9.17, 15) is 9.59 Å². The molecule has 1 aliphatic rings. The minimum atomic E-state index is -0.872. The Labute approximate surface area is 95.1 Å². The van der Waals surface area contributed by atoms with Gasteiger partial charge in [0.2, 0.25) is 0 Å². The molecule has 1 aliphatic heterocycles. The molecule has 78 valence electrons. The monoisotopic (exact) mass is 245 g/mol. The second-order valence-electron chi connectivity index (χ2n) is 2.95. The van der Waals surface area contributed by atoms with E-state index in [1.54, 1.807) is 12.1 Å². The Morgan fingerprint density at radius 2 is 2.00 bits per heavy atom. The van der Waals surface area contributed by atoms with Crippen LogP contribution in [-0.4, -0.2) is 12.1 Å². The number of benzene rings is 1. The molecule has 0 spiro atoms. The molecule has 2 rings (SSSR count). The molecule has 0 saturated carbocycles. The van der Waals surface area contributed by atoms with Crippen molar-refractivity contribution in [3.05, 3.63) is 33.8 Å². The van der Waals surface area contributed by atoms with Gasteiger partial charge in [0.1, 0.15) is 0 Å². The van der Waals surface area contributed by atoms with Crippen LogP contribution in [0.25, 0.3) is 0 Å². The molecule has 1 heterocycles. The van der Waals surface area contributed by atoms with Crippen molar-refractivity contribution in [2.24, 2.45) is 0 Å². The Morgan fingerprint density at radius 3 is 2.60 bits per heavy atom. The number of alkyl carbamates (subject to hydrolysis) is 1. The van der Waals surface area contributed by atoms with E-state index in [4.69, 9.17) is 23.2 Å². The summed E-state index contributed by atoms with van der Waals surface area (Å²) in [5.74, 6) is -0.677. The van der Waals surface area contributed by atoms with Gasteiger partial charge in [-0.25, -0.2) is 9.59 Å². The Balaban J connectivity index is 2.41. The lowest BCUT2D eigenvalue weighted by Crippen LogP contribution is -2.20. The summed E-state index contributed by atoms with van der Waals surface area (Å²) < 4.78 is 4.33. The predicted octanol–water partition coefficient (Wildman–Crippen LogP) is 2.30. The number of hydrogen-bond donors (Lipinski definition) is 1. The van der Waals surface area contributed by atoms with Crippen molar-refractivity contribution in [1.82, 2.24) is 5.32 Å². The molecule has 1 fully saturated rings. The van der Waals surface area contributed by atoms with E-state index in [1.807, 2.05) is 0 Å². The van der Waals surface area contributed by atoms with Gasteiger partial charge in [-0.1, -0.05) is 23.2 Å². The first-order chi connectivity index (χ1) is 7.08. The average Bonchev–Trinajstić information content (AvgIpc) is 2.50. The highest BCUT2D eigenvalue weighted by atomic mass is 35.5. The van der Waals surface area contributed by atoms with Crippen LogP contribution in [0.3, 0.4) is 0 Å². The van der Waals surface area contributed by atoms with Crippen molar-refractivity contribution in [3.8, 4) is 0 Å². The lowest BCUT2D eigenvalue weighted by Gasteiger charge is -2.08. The molecule has 1 unspecified atom stereocenters. The van der Waals surface area contributed by atoms with Gasteiger partial charge < -0.3 is 10.1 Å². The Kier molecular flexibility index (Phi) is 2.54. The Bertz CT molecular complexity index is 447. The molecule has 1 amide bonds. The van der Waals surface area contributed by atoms with Crippen LogP contribution in [0.1, 0.15) is 11.6 Å². The fourth-order valence-corrected chi connectivity index (χ4v) is 1.70. The van der Waals surface area contributed by atoms with Crippen molar-refractivity contribution in [3.63, 3.8) is 0 Å². The lowest BCUT2D eigenvalue weighted by atomic mass is 10.1. The number of nitrogens with one attached hydrogen (secondary N) is 1. The second-order valence-corrected chi connectivity index (χ2v) is 3.80. The van der Waals surface area contributed by atoms with Gasteiger partial charge in [-0.3, -0.25) is 0 Å². The van der Waals surface area contributed by atoms with Gasteiger partial charge in [-0.05, 0) is 18.2 Å². The van der Waals surface area contributed by atoms with Crippen molar-refractivity contribution >= 4 is 35.3 Å². The van der Waals surface area contributed by atoms with Crippen LogP contribution in [0.5, 0.6) is 0 Å². The smallest absolute Gasteiger partial charge is 0.374 e. The van der Waals surface area contributed by atoms with Crippen LogP contribution < -0.4 is 5.32 Å². The molecule has 4 nitrogen and oxygen atoms in total. The zero-order valence-corrected chi connectivity index (χ0v) is 8.80. The standard InChI is InChI=1S/C9H5Cl2NO3/c10-4-1-2-6(11)5(3-4)7-8(13)15-9(14)12-7/h1-3,7H,(H,12,14). The minimum Gasteiger partial charge on any atom is -0.374 e. The summed E-state index contributed by atoms with van der Waals surface area (Å²) >= 11 is 11.6. The molecular formula is C9H5Cl2NO3. The summed E-state index contributed by atoms with van der Waals surface area (Å²) in [6, 6.07) is 3.79. The molecular weight excluding hydrogens is 241 g/mol. The third-order valence-electron chi connectivity index (χ3n) is 1.96. The first-order valence-corrected chi connectivity index (χ1v) is 4.80. The largest absolute Gasteiger partial charge is 0.415 e. The van der Waals surface area contributed by atoms with E-state index in [0.29, 0.717) is 15.6 Å². The highest BCUT2D eigenvalue weighted by Gasteiger charge is 2.35. The molecule has 0 bridgehead atoms. The fraction of sp³-hybridized carbons (Fsp3) is 0.111. The molecule has 1 saturated heterocycles. The van der Waals surface area contributed by atoms with Gasteiger partial charge in [0.05, 0.1) is 0 Å². The third-order valence-corrected chi connectivity index (χ3v) is 2.54. The summed E-state index contributed by atoms with van der Waals surface area (Å²) in [7, 11) is 0. The normalized spacial score (nSPS) is 20.0. The highest BCUT2D eigenvalue weighted by Crippen LogP contribution is 2.29. The summed E-state index contributed by atoms with van der Waals surface area (Å²) in [6.07, 6.45) is -0.777. The summed E-state index contributed by atoms with van der Waals surface area (Å²) in [5, 5.41) is 3.12. The van der Waals surface area contributed by atoms with Crippen LogP contribution in [0.15, 0.2) is 18.2 Å². The number of amides is 1. The zero-order valence-electron chi connectivity index (χ0n) is 7.29. The van der Waals surface area contributed by atoms with Crippen molar-refractivity contribution in [2.45, 2.75) is 6.04 Å². The number of cyclic esters (lactones) is 2. The third kappa shape index (κ3) is 1.91. The summed E-state index contributed by atoms with van der Waals surface area (Å²) in [6.45, 7) is 0. The SMILES string of the molecule is O=C1NC(c2cc(Cl)ccc2Cl)C(=O)O1. The number of esters is 1. The minimum absolute atomic E-state index is 0.351. The molecule has 1 atom stereocenters. The van der Waals surface area contributed by atoms with Gasteiger partial charge in [-0.2, -0.15) is 0 Å². The van der Waals surface area contributed by atoms with Gasteiger partial charge in [0.15, 0.2) is 6.04 Å². The van der Waals surface area contributed by atoms with E-state index in [0.717, 1.165) is 0 Å². The van der Waals surface area contributed by atoms with Crippen molar-refractivity contribution < 1.29 is 14.3 Å². The van der Waals surface area contributed by atoms with E-state index in [1.165, 1.54) is 6.07 Å². The summed E-state index contributed by atoms with van der Waals surface area (Å²) in [4.78, 5) is 22.0. The average molecular weight is 246 g/mol. The maximum Gasteiger partial charge on any atom is 0.415 e. The Morgan fingerprint density at radius 1 is 1.27 bits per heavy atom. The van der Waals surface area contributed by atoms with E-state index in [-0.39, 0.29) is 0 Å². The van der Waals surface area contributed by atoms with E-state index in [2.05, 4.69) is 10.1 Å². The molecule has 15 heavy (non-hydrogen) atoms. The summed E-state index contributed by atoms with van der Waals surface area (Å²) in [5.41, 5.74) is 0.431. The maximum absolute atomic E-state index is 11.2. The topological polar surface area (TPSA) is 55.4 Å². The number of halogens is 2. The molecule has 1 aromatic carbocycles. The van der Waals surface area contributed by atoms with Crippen LogP contribution in [0.4, 0.5) is 4.79 Å². The molecule has 1 N–H and O–H groups in total. The van der Waals surface area contributed by atoms with Gasteiger partial charge in [-0.15, -0.1) is 0 Å². The van der Waals surface area contributed by atoms with Crippen LogP contribution in [-0.2, 0) is 9.53 Å². The van der Waals surface area contributed by atoms with Crippen LogP contribution in [0.2, 0.25) is 10.0 Å². The van der Waals surface area contributed by atoms with Crippen molar-refractivity contribution in [2.75, 3.05) is 0 Å². The number of carbonyl (C=O) groups is 2. The molecule has 0 aliphatic carbocycles. The van der Waals surface area contributed by atoms with Crippen molar-refractivity contribution in [1.29, 1.82) is 0 Å². The number of carbonyl (C=O) groups excluding carboxylic acids is 2. The molecule has 0 radical (unpaired) electrons. The maximum atomic E-state index is 11.2. The number of ether oxygens (including phenoxy) is 1. The second kappa shape index (κ2) is 3.72. The fourth-order valence-electron chi connectivity index (χ4n) is 1.30. The van der Waals surface area contributed by atoms with Gasteiger partial charge in [0, 0.05) is 15.6 Å². The van der Waals surface area contributed by atoms with Crippen LogP contribution in [0, 0.1) is 0 Å². The predicted molar refractivity (Wildman–Crippen MR) is 53.8 cm³/mol. The number of hydrogen-bond acceptors (Lipinski definition) is 3. The quantitative estimate of drug-likeness (QED) is 0.611. The first kappa shape index (κ1) is 10.3. The van der Waals surface area contributed by atoms with Gasteiger partial charge in [0.25, 0.3) is 0 Å². The molecule has 6 heteroatoms. The van der Waals surface area contributed by atoms with E-state index >= 15 is 0 Å². The lowest BCUT2D eigenvalue weighted by molar-refractivity contribution is -0.135. The van der Waals surface area contributed by atoms with Crippen LogP contribution >= 0.6 is 23.2 Å². The van der Waals surface area contributed by atoms with Gasteiger partial charge >= 0.3 is 12.1 Å². The van der Waals surface area contributed by atoms with E-state index < -0.39 is 18.1 Å². The zero-order chi connectivity index (χ0) is 11.0. The molecule has 1 aromatic rings. The molecule has 0 aromatic heterocycles. The Hall–Kier alpha value is -1.26. The highest BCUT2D eigenvalue weighted by molar-refractivity contribution is 6.33.